The number of carbonyl (C=O) groups excluding carboxylic acids is 3. The van der Waals surface area contributed by atoms with Crippen molar-refractivity contribution in [3.8, 4) is 0 Å². The molecule has 0 radical (unpaired) electrons. The molecule has 1 saturated carbocycles. The molecule has 4 aliphatic rings. The summed E-state index contributed by atoms with van der Waals surface area (Å²) in [7, 11) is 0. The summed E-state index contributed by atoms with van der Waals surface area (Å²) in [5.74, 6) is -0.783. The maximum absolute atomic E-state index is 13.4. The van der Waals surface area contributed by atoms with E-state index < -0.39 is 36.5 Å². The van der Waals surface area contributed by atoms with Gasteiger partial charge in [0.15, 0.2) is 0 Å². The Hall–Kier alpha value is -2.89. The molecule has 0 unspecified atom stereocenters. The number of ether oxygens (including phenoxy) is 3. The van der Waals surface area contributed by atoms with E-state index in [1.54, 1.807) is 0 Å². The van der Waals surface area contributed by atoms with Gasteiger partial charge in [0, 0.05) is 57.1 Å². The molecular formula is C38H61N3O8. The highest BCUT2D eigenvalue weighted by Gasteiger charge is 2.31. The number of aliphatic hydroxyl groups is 2. The van der Waals surface area contributed by atoms with Crippen LogP contribution < -0.4 is 0 Å². The molecule has 0 aromatic rings. The monoisotopic (exact) mass is 687 g/mol. The number of rotatable bonds is 7. The van der Waals surface area contributed by atoms with Gasteiger partial charge in [-0.2, -0.15) is 0 Å². The fourth-order valence-corrected chi connectivity index (χ4v) is 7.28. The number of cyclic esters (lactones) is 1. The highest BCUT2D eigenvalue weighted by molar-refractivity contribution is 5.70. The number of allylic oxidation sites excluding steroid dienone is 2. The Balaban J connectivity index is 1.36. The normalized spacial score (nSPS) is 31.7. The molecule has 3 fully saturated rings. The predicted molar refractivity (Wildman–Crippen MR) is 188 cm³/mol. The summed E-state index contributed by atoms with van der Waals surface area (Å²) in [6.07, 6.45) is 15.6. The van der Waals surface area contributed by atoms with E-state index in [2.05, 4.69) is 4.90 Å². The fourth-order valence-electron chi connectivity index (χ4n) is 7.28. The zero-order valence-electron chi connectivity index (χ0n) is 30.2. The fraction of sp³-hybridized carbons (Fsp3) is 0.763. The quantitative estimate of drug-likeness (QED) is 0.118. The molecule has 2 saturated heterocycles. The molecule has 0 aromatic heterocycles. The molecule has 0 spiro atoms. The molecule has 11 nitrogen and oxygen atoms in total. The lowest BCUT2D eigenvalue weighted by Crippen LogP contribution is -2.52. The molecule has 3 heterocycles. The Kier molecular flexibility index (Phi) is 15.5. The summed E-state index contributed by atoms with van der Waals surface area (Å²) >= 11 is 0. The maximum atomic E-state index is 13.4. The number of aliphatic hydroxyl groups excluding tert-OH is 2. The molecule has 2 N–H and O–H groups in total. The van der Waals surface area contributed by atoms with E-state index >= 15 is 0 Å². The first kappa shape index (κ1) is 38.9. The van der Waals surface area contributed by atoms with Gasteiger partial charge in [-0.1, -0.05) is 70.8 Å². The number of piperazine rings is 1. The molecule has 7 atom stereocenters. The average Bonchev–Trinajstić information content (AvgIpc) is 3.34. The van der Waals surface area contributed by atoms with Crippen molar-refractivity contribution >= 4 is 18.2 Å². The number of hydrogen-bond acceptors (Lipinski definition) is 9. The van der Waals surface area contributed by atoms with Gasteiger partial charge in [0.1, 0.15) is 12.2 Å². The van der Waals surface area contributed by atoms with Crippen molar-refractivity contribution in [3.05, 3.63) is 36.0 Å². The lowest BCUT2D eigenvalue weighted by Gasteiger charge is -2.39. The van der Waals surface area contributed by atoms with Crippen LogP contribution in [0.3, 0.4) is 0 Å². The smallest absolute Gasteiger partial charge is 0.410 e. The van der Waals surface area contributed by atoms with Crippen LogP contribution in [0, 0.1) is 17.8 Å². The van der Waals surface area contributed by atoms with Crippen molar-refractivity contribution in [1.29, 1.82) is 0 Å². The van der Waals surface area contributed by atoms with Gasteiger partial charge in [-0.25, -0.2) is 9.59 Å². The van der Waals surface area contributed by atoms with Gasteiger partial charge in [0.25, 0.3) is 0 Å². The van der Waals surface area contributed by atoms with Crippen LogP contribution in [0.15, 0.2) is 36.0 Å². The molecule has 11 heteroatoms. The molecule has 4 rings (SSSR count). The standard InChI is InChI=1S/C38H61N3O8/c1-27(26-47-37(45)41-19-18-33(43)25-41)10-9-11-29(3)36-30(4)15-17-34(28(2)14-16-32(42)24-35(44)49-36)48-38(46)40-22-20-39(21-23-40)31-12-7-5-6-8-13-31/h9-11,15,17,27-28,30-34,36,42-43H,5-8,12-14,16,18-26H2,1-4H3/b10-9+,17-15-,29-11+/t27-,28-,30+,32+,33-,34+,36-/m1/s1. The molecule has 2 amide bonds. The number of esters is 1. The zero-order valence-corrected chi connectivity index (χ0v) is 30.2. The maximum Gasteiger partial charge on any atom is 0.410 e. The number of hydrogen-bond donors (Lipinski definition) is 2. The topological polar surface area (TPSA) is 129 Å². The van der Waals surface area contributed by atoms with Crippen LogP contribution in [-0.2, 0) is 19.0 Å². The van der Waals surface area contributed by atoms with Gasteiger partial charge < -0.3 is 34.2 Å². The third kappa shape index (κ3) is 12.4. The zero-order chi connectivity index (χ0) is 35.3. The van der Waals surface area contributed by atoms with E-state index in [4.69, 9.17) is 14.2 Å². The van der Waals surface area contributed by atoms with Gasteiger partial charge in [-0.05, 0) is 56.6 Å². The van der Waals surface area contributed by atoms with Crippen LogP contribution in [0.1, 0.15) is 91.9 Å². The van der Waals surface area contributed by atoms with Crippen LogP contribution in [0.25, 0.3) is 0 Å². The van der Waals surface area contributed by atoms with Crippen LogP contribution >= 0.6 is 0 Å². The van der Waals surface area contributed by atoms with Gasteiger partial charge in [-0.3, -0.25) is 9.69 Å². The third-order valence-electron chi connectivity index (χ3n) is 10.5. The first-order valence-electron chi connectivity index (χ1n) is 18.7. The largest absolute Gasteiger partial charge is 0.457 e. The minimum Gasteiger partial charge on any atom is -0.457 e. The minimum atomic E-state index is -0.848. The molecular weight excluding hydrogens is 626 g/mol. The van der Waals surface area contributed by atoms with E-state index in [-0.39, 0.29) is 36.9 Å². The van der Waals surface area contributed by atoms with Gasteiger partial charge >= 0.3 is 18.2 Å². The summed E-state index contributed by atoms with van der Waals surface area (Å²) in [5, 5.41) is 20.3. The number of likely N-dealkylation sites (tertiary alicyclic amines) is 1. The van der Waals surface area contributed by atoms with E-state index in [9.17, 15) is 24.6 Å². The Labute approximate surface area is 293 Å². The molecule has 1 aliphatic carbocycles. The molecule has 276 valence electrons. The Morgan fingerprint density at radius 2 is 1.63 bits per heavy atom. The van der Waals surface area contributed by atoms with Crippen LogP contribution in [0.4, 0.5) is 9.59 Å². The number of amides is 2. The van der Waals surface area contributed by atoms with Crippen molar-refractivity contribution in [2.45, 2.75) is 122 Å². The highest BCUT2D eigenvalue weighted by Crippen LogP contribution is 2.26. The number of carbonyl (C=O) groups is 3. The minimum absolute atomic E-state index is 0.0473. The lowest BCUT2D eigenvalue weighted by molar-refractivity contribution is -0.151. The summed E-state index contributed by atoms with van der Waals surface area (Å²) in [5.41, 5.74) is 0.816. The van der Waals surface area contributed by atoms with Crippen molar-refractivity contribution in [2.75, 3.05) is 45.9 Å². The van der Waals surface area contributed by atoms with Gasteiger partial charge in [0.05, 0.1) is 25.2 Å². The van der Waals surface area contributed by atoms with Crippen molar-refractivity contribution < 1.29 is 38.8 Å². The molecule has 49 heavy (non-hydrogen) atoms. The second kappa shape index (κ2) is 19.5. The molecule has 0 aromatic carbocycles. The summed E-state index contributed by atoms with van der Waals surface area (Å²) in [6.45, 7) is 11.9. The van der Waals surface area contributed by atoms with E-state index in [0.717, 1.165) is 18.7 Å². The van der Waals surface area contributed by atoms with E-state index in [1.807, 2.05) is 63.0 Å². The summed E-state index contributed by atoms with van der Waals surface area (Å²) in [6, 6.07) is 0.627. The first-order valence-corrected chi connectivity index (χ1v) is 18.7. The molecule has 3 aliphatic heterocycles. The highest BCUT2D eigenvalue weighted by atomic mass is 16.6. The van der Waals surface area contributed by atoms with E-state index in [0.29, 0.717) is 51.5 Å². The van der Waals surface area contributed by atoms with E-state index in [1.165, 1.54) is 43.4 Å². The Morgan fingerprint density at radius 1 is 0.918 bits per heavy atom. The molecule has 0 bridgehead atoms. The Morgan fingerprint density at radius 3 is 2.31 bits per heavy atom. The number of β-amino-alcohol motifs (C(OH)–C–C–N with tert-alkyl or cyclic N) is 1. The van der Waals surface area contributed by atoms with Gasteiger partial charge in [-0.15, -0.1) is 0 Å². The summed E-state index contributed by atoms with van der Waals surface area (Å²) in [4.78, 5) is 44.4. The van der Waals surface area contributed by atoms with Crippen LogP contribution in [-0.4, -0.2) is 119 Å². The van der Waals surface area contributed by atoms with Crippen molar-refractivity contribution in [2.24, 2.45) is 17.8 Å². The lowest BCUT2D eigenvalue weighted by atomic mass is 9.92. The third-order valence-corrected chi connectivity index (χ3v) is 10.5. The SMILES string of the molecule is C/C(=C\C=C\[C@@H](C)COC(=O)N1CC[C@@H](O)C1)[C@H]1OC(=O)C[C@@H](O)CC[C@@H](C)[C@@H](OC(=O)N2CCN(C3CCCCCC3)CC2)/C=C\[C@@H]1C. The van der Waals surface area contributed by atoms with Crippen molar-refractivity contribution in [3.63, 3.8) is 0 Å². The first-order chi connectivity index (χ1) is 23.5. The predicted octanol–water partition coefficient (Wildman–Crippen LogP) is 5.46. The van der Waals surface area contributed by atoms with Crippen LogP contribution in [0.2, 0.25) is 0 Å². The van der Waals surface area contributed by atoms with Crippen molar-refractivity contribution in [1.82, 2.24) is 14.7 Å². The van der Waals surface area contributed by atoms with Gasteiger partial charge in [0.2, 0.25) is 0 Å². The number of nitrogens with zero attached hydrogens (tertiary/aromatic N) is 3. The summed E-state index contributed by atoms with van der Waals surface area (Å²) < 4.78 is 17.4. The second-order valence-electron chi connectivity index (χ2n) is 14.8. The Bertz CT molecular complexity index is 1160. The second-order valence-corrected chi connectivity index (χ2v) is 14.8. The van der Waals surface area contributed by atoms with Crippen LogP contribution in [0.5, 0.6) is 0 Å². The average molecular weight is 688 g/mol.